The molecule has 5 heteroatoms. The normalized spacial score (nSPS) is 18.4. The molecule has 1 aliphatic heterocycles. The Labute approximate surface area is 136 Å². The molecular formula is C15H19Br2NO2. The van der Waals surface area contributed by atoms with Crippen LogP contribution in [0.5, 0.6) is 5.75 Å². The number of alkyl halides is 1. The van der Waals surface area contributed by atoms with Crippen LogP contribution in [0, 0.1) is 0 Å². The molecule has 1 amide bonds. The van der Waals surface area contributed by atoms with Crippen molar-refractivity contribution in [2.24, 2.45) is 0 Å². The standard InChI is InChI=1S/C15H19Br2NO2/c1-20-14-10-11(17)6-7-13(14)15(19)18-9-3-5-12(18)4-2-8-16/h6-7,10,12H,2-5,8-9H2,1H3. The van der Waals surface area contributed by atoms with Crippen LogP contribution in [0.4, 0.5) is 0 Å². The zero-order valence-electron chi connectivity index (χ0n) is 11.6. The van der Waals surface area contributed by atoms with E-state index in [-0.39, 0.29) is 5.91 Å². The first-order valence-electron chi connectivity index (χ1n) is 6.88. The van der Waals surface area contributed by atoms with Crippen LogP contribution in [-0.2, 0) is 0 Å². The fourth-order valence-corrected chi connectivity index (χ4v) is 3.38. The van der Waals surface area contributed by atoms with E-state index in [2.05, 4.69) is 31.9 Å². The molecule has 0 spiro atoms. The maximum absolute atomic E-state index is 12.7. The van der Waals surface area contributed by atoms with Crippen LogP contribution < -0.4 is 4.74 Å². The van der Waals surface area contributed by atoms with E-state index in [1.165, 1.54) is 0 Å². The largest absolute Gasteiger partial charge is 0.496 e. The second-order valence-electron chi connectivity index (χ2n) is 4.97. The smallest absolute Gasteiger partial charge is 0.257 e. The summed E-state index contributed by atoms with van der Waals surface area (Å²) < 4.78 is 6.26. The van der Waals surface area contributed by atoms with Gasteiger partial charge in [-0.3, -0.25) is 4.79 Å². The minimum atomic E-state index is 0.0893. The van der Waals surface area contributed by atoms with Gasteiger partial charge in [0.25, 0.3) is 5.91 Å². The molecule has 1 saturated heterocycles. The molecule has 0 saturated carbocycles. The van der Waals surface area contributed by atoms with Gasteiger partial charge in [0.05, 0.1) is 12.7 Å². The van der Waals surface area contributed by atoms with Crippen molar-refractivity contribution < 1.29 is 9.53 Å². The number of halogens is 2. The molecule has 1 heterocycles. The Kier molecular flexibility index (Phi) is 5.90. The highest BCUT2D eigenvalue weighted by Gasteiger charge is 2.30. The third-order valence-electron chi connectivity index (χ3n) is 3.70. The molecule has 1 unspecified atom stereocenters. The van der Waals surface area contributed by atoms with E-state index in [1.807, 2.05) is 23.1 Å². The number of amides is 1. The summed E-state index contributed by atoms with van der Waals surface area (Å²) in [5.74, 6) is 0.724. The van der Waals surface area contributed by atoms with Gasteiger partial charge in [0, 0.05) is 22.4 Å². The molecule has 3 nitrogen and oxygen atoms in total. The molecule has 0 aliphatic carbocycles. The van der Waals surface area contributed by atoms with E-state index >= 15 is 0 Å². The van der Waals surface area contributed by atoms with Gasteiger partial charge in [-0.1, -0.05) is 31.9 Å². The lowest BCUT2D eigenvalue weighted by Gasteiger charge is -2.25. The lowest BCUT2D eigenvalue weighted by Crippen LogP contribution is -2.35. The molecule has 0 N–H and O–H groups in total. The lowest BCUT2D eigenvalue weighted by molar-refractivity contribution is 0.0727. The molecule has 1 aromatic rings. The summed E-state index contributed by atoms with van der Waals surface area (Å²) in [6, 6.07) is 5.94. The summed E-state index contributed by atoms with van der Waals surface area (Å²) in [6.45, 7) is 0.852. The molecule has 1 atom stereocenters. The van der Waals surface area contributed by atoms with Crippen LogP contribution >= 0.6 is 31.9 Å². The highest BCUT2D eigenvalue weighted by molar-refractivity contribution is 9.10. The molecule has 0 radical (unpaired) electrons. The number of ether oxygens (including phenoxy) is 1. The number of benzene rings is 1. The zero-order chi connectivity index (χ0) is 14.5. The van der Waals surface area contributed by atoms with E-state index in [4.69, 9.17) is 4.74 Å². The highest BCUT2D eigenvalue weighted by Crippen LogP contribution is 2.29. The number of hydrogen-bond acceptors (Lipinski definition) is 2. The van der Waals surface area contributed by atoms with E-state index in [0.29, 0.717) is 17.4 Å². The van der Waals surface area contributed by atoms with Crippen LogP contribution in [0.15, 0.2) is 22.7 Å². The van der Waals surface area contributed by atoms with Crippen LogP contribution in [0.3, 0.4) is 0 Å². The first-order chi connectivity index (χ1) is 9.67. The zero-order valence-corrected chi connectivity index (χ0v) is 14.7. The van der Waals surface area contributed by atoms with Gasteiger partial charge in [-0.25, -0.2) is 0 Å². The van der Waals surface area contributed by atoms with Crippen molar-refractivity contribution in [1.29, 1.82) is 0 Å². The molecule has 0 aromatic heterocycles. The maximum Gasteiger partial charge on any atom is 0.257 e. The van der Waals surface area contributed by atoms with Crippen molar-refractivity contribution in [3.8, 4) is 5.75 Å². The van der Waals surface area contributed by atoms with Crippen LogP contribution in [0.2, 0.25) is 0 Å². The number of rotatable bonds is 5. The number of nitrogens with zero attached hydrogens (tertiary/aromatic N) is 1. The average Bonchev–Trinajstić information content (AvgIpc) is 2.92. The molecule has 1 aliphatic rings. The Hall–Kier alpha value is -0.550. The summed E-state index contributed by atoms with van der Waals surface area (Å²) in [5.41, 5.74) is 0.654. The van der Waals surface area contributed by atoms with E-state index < -0.39 is 0 Å². The van der Waals surface area contributed by atoms with Crippen molar-refractivity contribution in [2.75, 3.05) is 19.0 Å². The molecule has 20 heavy (non-hydrogen) atoms. The third-order valence-corrected chi connectivity index (χ3v) is 4.76. The van der Waals surface area contributed by atoms with Gasteiger partial charge in [0.1, 0.15) is 5.75 Å². The Bertz CT molecular complexity index is 479. The quantitative estimate of drug-likeness (QED) is 0.687. The first kappa shape index (κ1) is 15.8. The third kappa shape index (κ3) is 3.55. The predicted octanol–water partition coefficient (Wildman–Crippen LogP) is 4.24. The lowest BCUT2D eigenvalue weighted by atomic mass is 10.1. The minimum Gasteiger partial charge on any atom is -0.496 e. The Morgan fingerprint density at radius 3 is 3.00 bits per heavy atom. The van der Waals surface area contributed by atoms with Crippen LogP contribution in [0.1, 0.15) is 36.0 Å². The first-order valence-corrected chi connectivity index (χ1v) is 8.79. The maximum atomic E-state index is 12.7. The Morgan fingerprint density at radius 2 is 2.30 bits per heavy atom. The Morgan fingerprint density at radius 1 is 1.50 bits per heavy atom. The second-order valence-corrected chi connectivity index (χ2v) is 6.68. The van der Waals surface area contributed by atoms with Gasteiger partial charge in [0.15, 0.2) is 0 Å². The molecular weight excluding hydrogens is 386 g/mol. The molecule has 0 bridgehead atoms. The van der Waals surface area contributed by atoms with Gasteiger partial charge < -0.3 is 9.64 Å². The van der Waals surface area contributed by atoms with Crippen molar-refractivity contribution in [3.05, 3.63) is 28.2 Å². The van der Waals surface area contributed by atoms with Crippen molar-refractivity contribution in [1.82, 2.24) is 4.90 Å². The number of likely N-dealkylation sites (tertiary alicyclic amines) is 1. The van der Waals surface area contributed by atoms with Gasteiger partial charge >= 0.3 is 0 Å². The minimum absolute atomic E-state index is 0.0893. The van der Waals surface area contributed by atoms with Crippen molar-refractivity contribution in [3.63, 3.8) is 0 Å². The van der Waals surface area contributed by atoms with E-state index in [0.717, 1.165) is 42.0 Å². The second kappa shape index (κ2) is 7.46. The number of methoxy groups -OCH3 is 1. The van der Waals surface area contributed by atoms with Gasteiger partial charge in [-0.15, -0.1) is 0 Å². The summed E-state index contributed by atoms with van der Waals surface area (Å²) in [7, 11) is 1.60. The highest BCUT2D eigenvalue weighted by atomic mass is 79.9. The number of carbonyl (C=O) groups excluding carboxylic acids is 1. The predicted molar refractivity (Wildman–Crippen MR) is 87.8 cm³/mol. The topological polar surface area (TPSA) is 29.5 Å². The summed E-state index contributed by atoms with van der Waals surface area (Å²) in [6.07, 6.45) is 4.37. The number of hydrogen-bond donors (Lipinski definition) is 0. The Balaban J connectivity index is 2.17. The molecule has 2 rings (SSSR count). The van der Waals surface area contributed by atoms with Gasteiger partial charge in [0.2, 0.25) is 0 Å². The molecule has 1 fully saturated rings. The van der Waals surface area contributed by atoms with E-state index in [9.17, 15) is 4.79 Å². The summed E-state index contributed by atoms with van der Waals surface area (Å²) in [5, 5.41) is 0.993. The SMILES string of the molecule is COc1cc(Br)ccc1C(=O)N1CCCC1CCCBr. The van der Waals surface area contributed by atoms with Crippen LogP contribution in [0.25, 0.3) is 0 Å². The fraction of sp³-hybridized carbons (Fsp3) is 0.533. The summed E-state index contributed by atoms with van der Waals surface area (Å²) >= 11 is 6.87. The van der Waals surface area contributed by atoms with Gasteiger partial charge in [-0.2, -0.15) is 0 Å². The number of carbonyl (C=O) groups is 1. The summed E-state index contributed by atoms with van der Waals surface area (Å²) in [4.78, 5) is 14.7. The van der Waals surface area contributed by atoms with Crippen molar-refractivity contribution in [2.45, 2.75) is 31.7 Å². The van der Waals surface area contributed by atoms with Gasteiger partial charge in [-0.05, 0) is 43.9 Å². The van der Waals surface area contributed by atoms with Crippen LogP contribution in [-0.4, -0.2) is 35.8 Å². The van der Waals surface area contributed by atoms with E-state index in [1.54, 1.807) is 7.11 Å². The van der Waals surface area contributed by atoms with Crippen molar-refractivity contribution >= 4 is 37.8 Å². The monoisotopic (exact) mass is 403 g/mol. The fourth-order valence-electron chi connectivity index (χ4n) is 2.71. The molecule has 1 aromatic carbocycles. The average molecular weight is 405 g/mol. The molecule has 110 valence electrons.